The molecule has 144 valence electrons. The number of carbonyl (C=O) groups is 2. The Morgan fingerprint density at radius 2 is 2.07 bits per heavy atom. The van der Waals surface area contributed by atoms with Crippen molar-refractivity contribution in [3.8, 4) is 10.6 Å². The molecule has 2 amide bonds. The number of carboxylic acid groups (broad SMARTS) is 1. The van der Waals surface area contributed by atoms with E-state index in [1.807, 2.05) is 39.1 Å². The summed E-state index contributed by atoms with van der Waals surface area (Å²) in [5.41, 5.74) is 2.54. The monoisotopic (exact) mass is 388 g/mol. The molecular formula is C19H24N4O3S. The zero-order valence-corrected chi connectivity index (χ0v) is 17.0. The Balaban J connectivity index is 2.22. The second-order valence-electron chi connectivity index (χ2n) is 7.15. The molecule has 0 N–H and O–H groups in total. The molecule has 0 saturated heterocycles. The van der Waals surface area contributed by atoms with E-state index in [9.17, 15) is 14.7 Å². The number of nitrogens with zero attached hydrogens (tertiary/aromatic N) is 4. The molecule has 1 aromatic carbocycles. The van der Waals surface area contributed by atoms with Gasteiger partial charge in [0, 0.05) is 30.2 Å². The lowest BCUT2D eigenvalue weighted by Gasteiger charge is -2.46. The van der Waals surface area contributed by atoms with Crippen LogP contribution >= 0.6 is 11.3 Å². The minimum Gasteiger partial charge on any atom is -0.530 e. The minimum absolute atomic E-state index is 0.0261. The summed E-state index contributed by atoms with van der Waals surface area (Å²) in [6.07, 6.45) is -0.652. The van der Waals surface area contributed by atoms with E-state index in [4.69, 9.17) is 0 Å². The fourth-order valence-electron chi connectivity index (χ4n) is 3.94. The Morgan fingerprint density at radius 1 is 1.37 bits per heavy atom. The van der Waals surface area contributed by atoms with E-state index in [0.717, 1.165) is 26.8 Å². The molecular weight excluding hydrogens is 364 g/mol. The maximum absolute atomic E-state index is 12.5. The Bertz CT molecular complexity index is 897. The Labute approximate surface area is 162 Å². The van der Waals surface area contributed by atoms with Crippen molar-refractivity contribution in [1.29, 1.82) is 0 Å². The van der Waals surface area contributed by atoms with Crippen LogP contribution < -0.4 is 9.59 Å². The van der Waals surface area contributed by atoms with Crippen molar-refractivity contribution < 1.29 is 14.7 Å². The summed E-state index contributed by atoms with van der Waals surface area (Å²) in [6.45, 7) is 7.58. The summed E-state index contributed by atoms with van der Waals surface area (Å²) in [6, 6.07) is 5.40. The number of amides is 2. The van der Waals surface area contributed by atoms with Crippen molar-refractivity contribution in [2.75, 3.05) is 13.6 Å². The molecule has 2 aromatic rings. The van der Waals surface area contributed by atoms with Crippen LogP contribution in [-0.4, -0.2) is 46.7 Å². The van der Waals surface area contributed by atoms with E-state index in [0.29, 0.717) is 13.0 Å². The van der Waals surface area contributed by atoms with Gasteiger partial charge in [-0.3, -0.25) is 0 Å². The fraction of sp³-hybridized carbons (Fsp3) is 0.474. The molecule has 1 aromatic heterocycles. The fourth-order valence-corrected chi connectivity index (χ4v) is 4.63. The van der Waals surface area contributed by atoms with Gasteiger partial charge in [0.1, 0.15) is 21.8 Å². The van der Waals surface area contributed by atoms with Gasteiger partial charge in [0.05, 0.1) is 26.1 Å². The SMILES string of the molecule is CCN(C(=O)[O-])[C@@H]1C[C@H](C)[N+](C)(C(C)=O)c2ccc(-c3nnc(C)s3)cc21. The number of aromatic nitrogens is 2. The van der Waals surface area contributed by atoms with Crippen LogP contribution in [0.1, 0.15) is 43.8 Å². The second-order valence-corrected chi connectivity index (χ2v) is 8.33. The third kappa shape index (κ3) is 3.12. The lowest BCUT2D eigenvalue weighted by Crippen LogP contribution is -2.60. The smallest absolute Gasteiger partial charge is 0.315 e. The van der Waals surface area contributed by atoms with Gasteiger partial charge < -0.3 is 14.8 Å². The van der Waals surface area contributed by atoms with Gasteiger partial charge in [-0.2, -0.15) is 0 Å². The first-order valence-corrected chi connectivity index (χ1v) is 9.81. The largest absolute Gasteiger partial charge is 0.530 e. The first-order chi connectivity index (χ1) is 12.7. The predicted molar refractivity (Wildman–Crippen MR) is 103 cm³/mol. The molecule has 27 heavy (non-hydrogen) atoms. The van der Waals surface area contributed by atoms with Crippen LogP contribution in [-0.2, 0) is 4.79 Å². The number of quaternary nitrogens is 1. The van der Waals surface area contributed by atoms with Crippen LogP contribution in [0.3, 0.4) is 0 Å². The van der Waals surface area contributed by atoms with Gasteiger partial charge in [-0.1, -0.05) is 11.3 Å². The highest BCUT2D eigenvalue weighted by atomic mass is 32.1. The molecule has 0 spiro atoms. The Hall–Kier alpha value is -2.32. The van der Waals surface area contributed by atoms with E-state index < -0.39 is 6.09 Å². The molecule has 7 nitrogen and oxygen atoms in total. The van der Waals surface area contributed by atoms with Crippen LogP contribution in [0.25, 0.3) is 10.6 Å². The molecule has 1 aliphatic heterocycles. The summed E-state index contributed by atoms with van der Waals surface area (Å²) < 4.78 is 0.145. The summed E-state index contributed by atoms with van der Waals surface area (Å²) in [4.78, 5) is 25.6. The lowest BCUT2D eigenvalue weighted by atomic mass is 9.87. The predicted octanol–water partition coefficient (Wildman–Crippen LogP) is 2.50. The molecule has 2 heterocycles. The topological polar surface area (TPSA) is 86.2 Å². The van der Waals surface area contributed by atoms with Crippen LogP contribution in [0.4, 0.5) is 10.5 Å². The van der Waals surface area contributed by atoms with Gasteiger partial charge in [-0.05, 0) is 32.9 Å². The van der Waals surface area contributed by atoms with Crippen molar-refractivity contribution >= 4 is 29.0 Å². The maximum Gasteiger partial charge on any atom is 0.315 e. The summed E-state index contributed by atoms with van der Waals surface area (Å²) in [5, 5.41) is 21.6. The molecule has 1 unspecified atom stereocenters. The summed E-state index contributed by atoms with van der Waals surface area (Å²) in [7, 11) is 1.89. The number of rotatable bonds is 3. The van der Waals surface area contributed by atoms with Crippen LogP contribution in [0.15, 0.2) is 18.2 Å². The van der Waals surface area contributed by atoms with Gasteiger partial charge in [0.15, 0.2) is 0 Å². The van der Waals surface area contributed by atoms with Crippen LogP contribution in [0.5, 0.6) is 0 Å². The second kappa shape index (κ2) is 7.01. The van der Waals surface area contributed by atoms with Crippen molar-refractivity contribution in [2.24, 2.45) is 0 Å². The van der Waals surface area contributed by atoms with Gasteiger partial charge in [0.25, 0.3) is 0 Å². The van der Waals surface area contributed by atoms with Gasteiger partial charge >= 0.3 is 5.91 Å². The zero-order chi connectivity index (χ0) is 19.9. The van der Waals surface area contributed by atoms with Gasteiger partial charge in [0.2, 0.25) is 0 Å². The molecule has 3 atom stereocenters. The highest BCUT2D eigenvalue weighted by Crippen LogP contribution is 2.45. The molecule has 0 aliphatic carbocycles. The molecule has 1 aliphatic rings. The number of benzene rings is 1. The van der Waals surface area contributed by atoms with E-state index >= 15 is 0 Å². The lowest BCUT2D eigenvalue weighted by molar-refractivity contribution is -0.268. The number of fused-ring (bicyclic) bond motifs is 1. The standard InChI is InChI=1S/C19H24N4O3S/c1-6-22(19(25)26)16-9-11(2)23(5,13(4)24)17-8-7-14(10-15(16)17)18-21-20-12(3)27-18/h7-8,10-11,16H,6,9H2,1-5H3/t11-,16+,23?/m0/s1. The quantitative estimate of drug-likeness (QED) is 0.754. The number of hydrogen-bond donors (Lipinski definition) is 0. The van der Waals surface area contributed by atoms with E-state index in [1.54, 1.807) is 13.8 Å². The highest BCUT2D eigenvalue weighted by Gasteiger charge is 2.47. The van der Waals surface area contributed by atoms with Crippen LogP contribution in [0.2, 0.25) is 0 Å². The number of hydrogen-bond acceptors (Lipinski definition) is 6. The third-order valence-electron chi connectivity index (χ3n) is 5.71. The van der Waals surface area contributed by atoms with Gasteiger partial charge in [-0.15, -0.1) is 10.2 Å². The third-order valence-corrected chi connectivity index (χ3v) is 6.60. The number of aryl methyl sites for hydroxylation is 1. The number of carbonyl (C=O) groups excluding carboxylic acids is 2. The normalized spacial score (nSPS) is 24.3. The maximum atomic E-state index is 12.5. The summed E-state index contributed by atoms with van der Waals surface area (Å²) >= 11 is 1.48. The molecule has 3 rings (SSSR count). The van der Waals surface area contributed by atoms with Crippen molar-refractivity contribution in [2.45, 2.75) is 46.2 Å². The average molecular weight is 388 g/mol. The highest BCUT2D eigenvalue weighted by molar-refractivity contribution is 7.14. The summed E-state index contributed by atoms with van der Waals surface area (Å²) in [5.74, 6) is 0.0261. The Morgan fingerprint density at radius 3 is 2.59 bits per heavy atom. The molecule has 0 saturated carbocycles. The zero-order valence-electron chi connectivity index (χ0n) is 16.2. The van der Waals surface area contributed by atoms with Crippen molar-refractivity contribution in [3.05, 3.63) is 28.8 Å². The molecule has 0 radical (unpaired) electrons. The molecule has 0 bridgehead atoms. The van der Waals surface area contributed by atoms with Crippen molar-refractivity contribution in [3.63, 3.8) is 0 Å². The van der Waals surface area contributed by atoms with Crippen LogP contribution in [0, 0.1) is 6.92 Å². The van der Waals surface area contributed by atoms with E-state index in [-0.39, 0.29) is 22.5 Å². The van der Waals surface area contributed by atoms with Gasteiger partial charge in [-0.25, -0.2) is 9.28 Å². The Kier molecular flexibility index (Phi) is 5.05. The average Bonchev–Trinajstić information content (AvgIpc) is 3.05. The minimum atomic E-state index is -1.20. The first kappa shape index (κ1) is 19.4. The first-order valence-electron chi connectivity index (χ1n) is 9.00. The molecule has 8 heteroatoms. The van der Waals surface area contributed by atoms with E-state index in [1.165, 1.54) is 16.2 Å². The molecule has 0 fully saturated rings. The van der Waals surface area contributed by atoms with Crippen molar-refractivity contribution in [1.82, 2.24) is 19.6 Å². The van der Waals surface area contributed by atoms with E-state index in [2.05, 4.69) is 10.2 Å².